The predicted octanol–water partition coefficient (Wildman–Crippen LogP) is 3.18. The van der Waals surface area contributed by atoms with Crippen molar-refractivity contribution < 1.29 is 13.2 Å². The van der Waals surface area contributed by atoms with Gasteiger partial charge in [-0.3, -0.25) is 0 Å². The van der Waals surface area contributed by atoms with Gasteiger partial charge in [0.05, 0.1) is 11.9 Å². The van der Waals surface area contributed by atoms with Crippen molar-refractivity contribution in [3.8, 4) is 0 Å². The largest absolute Gasteiger partial charge is 0.377 e. The lowest BCUT2D eigenvalue weighted by Crippen LogP contribution is -2.38. The highest BCUT2D eigenvalue weighted by Crippen LogP contribution is 2.26. The third-order valence-electron chi connectivity index (χ3n) is 4.18. The van der Waals surface area contributed by atoms with Gasteiger partial charge in [-0.2, -0.15) is 0 Å². The third kappa shape index (κ3) is 4.80. The van der Waals surface area contributed by atoms with Crippen molar-refractivity contribution in [2.24, 2.45) is 5.92 Å². The van der Waals surface area contributed by atoms with E-state index in [2.05, 4.69) is 4.72 Å². The maximum absolute atomic E-state index is 12.5. The smallest absolute Gasteiger partial charge is 0.214 e. The van der Waals surface area contributed by atoms with E-state index in [4.69, 9.17) is 4.74 Å². The van der Waals surface area contributed by atoms with Crippen molar-refractivity contribution in [1.82, 2.24) is 4.72 Å². The lowest BCUT2D eigenvalue weighted by Gasteiger charge is -2.27. The van der Waals surface area contributed by atoms with Gasteiger partial charge >= 0.3 is 0 Å². The van der Waals surface area contributed by atoms with Gasteiger partial charge in [0, 0.05) is 12.6 Å². The Bertz CT molecular complexity index is 577. The molecule has 0 aliphatic carbocycles. The molecule has 1 saturated heterocycles. The van der Waals surface area contributed by atoms with E-state index >= 15 is 0 Å². The summed E-state index contributed by atoms with van der Waals surface area (Å²) in [7, 11) is -3.37. The summed E-state index contributed by atoms with van der Waals surface area (Å²) in [4.78, 5) is 0. The van der Waals surface area contributed by atoms with Gasteiger partial charge in [0.1, 0.15) is 0 Å². The topological polar surface area (TPSA) is 55.4 Å². The Balaban J connectivity index is 2.11. The van der Waals surface area contributed by atoms with Crippen molar-refractivity contribution in [1.29, 1.82) is 0 Å². The maximum atomic E-state index is 12.5. The molecule has 124 valence electrons. The molecular formula is C17H27NO3S. The average molecular weight is 325 g/mol. The van der Waals surface area contributed by atoms with Crippen LogP contribution in [0.15, 0.2) is 24.3 Å². The first-order valence-corrected chi connectivity index (χ1v) is 9.71. The van der Waals surface area contributed by atoms with Crippen molar-refractivity contribution >= 4 is 10.0 Å². The number of sulfonamides is 1. The minimum Gasteiger partial charge on any atom is -0.377 e. The molecule has 0 spiro atoms. The molecule has 5 heteroatoms. The number of ether oxygens (including phenoxy) is 1. The molecule has 1 aromatic rings. The summed E-state index contributed by atoms with van der Waals surface area (Å²) in [6.07, 6.45) is 2.74. The minimum atomic E-state index is -3.37. The summed E-state index contributed by atoms with van der Waals surface area (Å²) in [5.74, 6) is 0.241. The second-order valence-electron chi connectivity index (χ2n) is 6.47. The second kappa shape index (κ2) is 7.57. The van der Waals surface area contributed by atoms with Crippen LogP contribution in [0.2, 0.25) is 0 Å². The molecule has 1 fully saturated rings. The number of rotatable bonds is 6. The van der Waals surface area contributed by atoms with E-state index in [0.29, 0.717) is 6.61 Å². The second-order valence-corrected chi connectivity index (χ2v) is 8.26. The van der Waals surface area contributed by atoms with E-state index in [-0.39, 0.29) is 23.8 Å². The van der Waals surface area contributed by atoms with Gasteiger partial charge in [-0.05, 0) is 43.2 Å². The molecule has 22 heavy (non-hydrogen) atoms. The molecule has 2 rings (SSSR count). The average Bonchev–Trinajstić information content (AvgIpc) is 2.46. The van der Waals surface area contributed by atoms with Gasteiger partial charge in [0.25, 0.3) is 0 Å². The highest BCUT2D eigenvalue weighted by atomic mass is 32.2. The summed E-state index contributed by atoms with van der Waals surface area (Å²) in [5.41, 5.74) is 2.16. The van der Waals surface area contributed by atoms with Gasteiger partial charge in [0.2, 0.25) is 10.0 Å². The fourth-order valence-corrected chi connectivity index (χ4v) is 4.55. The minimum absolute atomic E-state index is 0.0576. The van der Waals surface area contributed by atoms with Crippen molar-refractivity contribution in [2.45, 2.75) is 52.2 Å². The first kappa shape index (κ1) is 17.4. The molecule has 2 atom stereocenters. The molecule has 1 N–H and O–H groups in total. The van der Waals surface area contributed by atoms with Crippen LogP contribution in [-0.4, -0.2) is 26.9 Å². The Morgan fingerprint density at radius 3 is 2.59 bits per heavy atom. The number of nitrogens with one attached hydrogen (secondary N) is 1. The van der Waals surface area contributed by atoms with Crippen LogP contribution >= 0.6 is 0 Å². The molecule has 1 aliphatic heterocycles. The quantitative estimate of drug-likeness (QED) is 0.874. The van der Waals surface area contributed by atoms with E-state index in [1.54, 1.807) is 0 Å². The van der Waals surface area contributed by atoms with Crippen LogP contribution in [0.1, 0.15) is 50.3 Å². The normalized spacial score (nSPS) is 21.0. The van der Waals surface area contributed by atoms with Gasteiger partial charge in [-0.15, -0.1) is 0 Å². The number of hydrogen-bond acceptors (Lipinski definition) is 3. The Labute approximate surface area is 134 Å². The monoisotopic (exact) mass is 325 g/mol. The first-order valence-electron chi connectivity index (χ1n) is 8.06. The first-order chi connectivity index (χ1) is 10.4. The zero-order chi connectivity index (χ0) is 16.2. The zero-order valence-electron chi connectivity index (χ0n) is 13.7. The Hall–Kier alpha value is -0.910. The Morgan fingerprint density at radius 1 is 1.27 bits per heavy atom. The SMILES string of the molecule is Cc1ccccc1C(NS(=O)(=O)CC1CCCCO1)C(C)C. The predicted molar refractivity (Wildman–Crippen MR) is 89.3 cm³/mol. The summed E-state index contributed by atoms with van der Waals surface area (Å²) < 4.78 is 33.5. The fraction of sp³-hybridized carbons (Fsp3) is 0.647. The summed E-state index contributed by atoms with van der Waals surface area (Å²) in [6, 6.07) is 7.74. The molecule has 0 amide bonds. The molecule has 2 unspecified atom stereocenters. The molecule has 1 aliphatic rings. The Morgan fingerprint density at radius 2 is 2.00 bits per heavy atom. The molecule has 1 aromatic carbocycles. The van der Waals surface area contributed by atoms with Gasteiger partial charge in [-0.1, -0.05) is 38.1 Å². The van der Waals surface area contributed by atoms with E-state index < -0.39 is 10.0 Å². The molecule has 1 heterocycles. The zero-order valence-corrected chi connectivity index (χ0v) is 14.5. The summed E-state index contributed by atoms with van der Waals surface area (Å²) in [5, 5.41) is 0. The van der Waals surface area contributed by atoms with Crippen molar-refractivity contribution in [3.63, 3.8) is 0 Å². The lowest BCUT2D eigenvalue weighted by molar-refractivity contribution is 0.0303. The highest BCUT2D eigenvalue weighted by molar-refractivity contribution is 7.89. The van der Waals surface area contributed by atoms with Crippen molar-refractivity contribution in [2.75, 3.05) is 12.4 Å². The van der Waals surface area contributed by atoms with Crippen LogP contribution in [0.5, 0.6) is 0 Å². The standard InChI is InChI=1S/C17H27NO3S/c1-13(2)17(16-10-5-4-8-14(16)3)18-22(19,20)12-15-9-6-7-11-21-15/h4-5,8,10,13,15,17-18H,6-7,9,11-12H2,1-3H3. The van der Waals surface area contributed by atoms with Crippen LogP contribution < -0.4 is 4.72 Å². The number of hydrogen-bond donors (Lipinski definition) is 1. The molecule has 0 saturated carbocycles. The molecular weight excluding hydrogens is 298 g/mol. The van der Waals surface area contributed by atoms with E-state index in [9.17, 15) is 8.42 Å². The molecule has 4 nitrogen and oxygen atoms in total. The van der Waals surface area contributed by atoms with Gasteiger partial charge < -0.3 is 4.74 Å². The van der Waals surface area contributed by atoms with Crippen LogP contribution in [0, 0.1) is 12.8 Å². The van der Waals surface area contributed by atoms with E-state index in [1.165, 1.54) is 0 Å². The van der Waals surface area contributed by atoms with Crippen LogP contribution in [0.3, 0.4) is 0 Å². The highest BCUT2D eigenvalue weighted by Gasteiger charge is 2.27. The summed E-state index contributed by atoms with van der Waals surface area (Å²) >= 11 is 0. The third-order valence-corrected chi connectivity index (χ3v) is 5.60. The lowest BCUT2D eigenvalue weighted by atomic mass is 9.94. The molecule has 0 bridgehead atoms. The Kier molecular flexibility index (Phi) is 6.01. The molecule has 0 aromatic heterocycles. The van der Waals surface area contributed by atoms with Crippen LogP contribution in [0.25, 0.3) is 0 Å². The van der Waals surface area contributed by atoms with E-state index in [1.807, 2.05) is 45.0 Å². The van der Waals surface area contributed by atoms with Gasteiger partial charge in [0.15, 0.2) is 0 Å². The number of aryl methyl sites for hydroxylation is 1. The fourth-order valence-electron chi connectivity index (χ4n) is 2.92. The molecule has 0 radical (unpaired) electrons. The number of benzene rings is 1. The summed E-state index contributed by atoms with van der Waals surface area (Å²) in [6.45, 7) is 6.77. The van der Waals surface area contributed by atoms with Crippen LogP contribution in [0.4, 0.5) is 0 Å². The van der Waals surface area contributed by atoms with Crippen molar-refractivity contribution in [3.05, 3.63) is 35.4 Å². The van der Waals surface area contributed by atoms with Crippen LogP contribution in [-0.2, 0) is 14.8 Å². The van der Waals surface area contributed by atoms with Gasteiger partial charge in [-0.25, -0.2) is 13.1 Å². The van der Waals surface area contributed by atoms with E-state index in [0.717, 1.165) is 30.4 Å². The maximum Gasteiger partial charge on any atom is 0.214 e.